The van der Waals surface area contributed by atoms with Gasteiger partial charge in [-0.25, -0.2) is 4.98 Å². The van der Waals surface area contributed by atoms with Gasteiger partial charge in [-0.15, -0.1) is 0 Å². The number of nitriles is 1. The van der Waals surface area contributed by atoms with Crippen molar-refractivity contribution in [1.29, 1.82) is 5.26 Å². The van der Waals surface area contributed by atoms with Crippen LogP contribution >= 0.6 is 0 Å². The number of benzene rings is 8. The summed E-state index contributed by atoms with van der Waals surface area (Å²) in [6.45, 7) is 10.3. The molecule has 0 N–H and O–H groups in total. The van der Waals surface area contributed by atoms with E-state index in [0.29, 0.717) is 37.8 Å². The van der Waals surface area contributed by atoms with Crippen LogP contribution in [0.25, 0.3) is 47.9 Å². The molecule has 9 rings (SSSR count). The first kappa shape index (κ1) is 34.2. The second-order valence-corrected chi connectivity index (χ2v) is 14.2. The van der Waals surface area contributed by atoms with Crippen molar-refractivity contribution < 1.29 is 0 Å². The van der Waals surface area contributed by atoms with Gasteiger partial charge in [0.05, 0.1) is 0 Å². The molecule has 0 amide bonds. The molecule has 0 aliphatic rings. The topological polar surface area (TPSA) is 60.4 Å². The van der Waals surface area contributed by atoms with Gasteiger partial charge in [0, 0.05) is 26.2 Å². The van der Waals surface area contributed by atoms with Crippen molar-refractivity contribution in [3.05, 3.63) is 209 Å². The van der Waals surface area contributed by atoms with Crippen molar-refractivity contribution in [3.8, 4) is 6.07 Å². The number of hydrogen-bond donors (Lipinski definition) is 0. The molecule has 6 nitrogen and oxygen atoms in total. The first-order valence-electron chi connectivity index (χ1n) is 18.7. The maximum absolute atomic E-state index is 10.8. The molecule has 0 bridgehead atoms. The Labute approximate surface area is 326 Å². The molecule has 6 heteroatoms. The summed E-state index contributed by atoms with van der Waals surface area (Å²) in [7, 11) is 0. The standard InChI is InChI=1S/C50H36N6/c1-52-48-50(56(33-37-20-24-41-12-4-8-16-45(41)28-37)34-38-21-25-42-13-5-9-17-46(42)29-38)53-47(30-51)49(54-48)55(31-35-18-22-39-10-2-6-14-43(39)26-35)32-36-19-23-40-11-3-7-15-44(40)27-36/h2-29H,31-34H2. The lowest BCUT2D eigenvalue weighted by molar-refractivity contribution is 0.762. The number of nitrogens with zero attached hydrogens (tertiary/aromatic N) is 6. The van der Waals surface area contributed by atoms with Crippen LogP contribution < -0.4 is 9.80 Å². The van der Waals surface area contributed by atoms with Gasteiger partial charge in [-0.1, -0.05) is 157 Å². The number of hydrogen-bond acceptors (Lipinski definition) is 5. The van der Waals surface area contributed by atoms with E-state index in [1.54, 1.807) is 0 Å². The van der Waals surface area contributed by atoms with Crippen molar-refractivity contribution >= 4 is 60.5 Å². The predicted molar refractivity (Wildman–Crippen MR) is 229 cm³/mol. The average Bonchev–Trinajstić information content (AvgIpc) is 3.25. The Balaban J connectivity index is 1.15. The highest BCUT2D eigenvalue weighted by Crippen LogP contribution is 2.34. The summed E-state index contributed by atoms with van der Waals surface area (Å²) in [5.41, 5.74) is 4.45. The van der Waals surface area contributed by atoms with Crippen molar-refractivity contribution in [3.63, 3.8) is 0 Å². The minimum atomic E-state index is 0.155. The third-order valence-corrected chi connectivity index (χ3v) is 10.4. The Morgan fingerprint density at radius 3 is 1.07 bits per heavy atom. The van der Waals surface area contributed by atoms with Gasteiger partial charge in [-0.05, 0) is 89.6 Å². The Kier molecular flexibility index (Phi) is 9.21. The Hall–Kier alpha value is -7.54. The zero-order valence-electron chi connectivity index (χ0n) is 30.7. The van der Waals surface area contributed by atoms with Crippen molar-refractivity contribution in [1.82, 2.24) is 9.97 Å². The fraction of sp³-hybridized carbons (Fsp3) is 0.0800. The van der Waals surface area contributed by atoms with Crippen LogP contribution in [-0.4, -0.2) is 9.97 Å². The quantitative estimate of drug-likeness (QED) is 0.132. The monoisotopic (exact) mass is 720 g/mol. The van der Waals surface area contributed by atoms with Crippen LogP contribution in [0.3, 0.4) is 0 Å². The average molecular weight is 721 g/mol. The fourth-order valence-corrected chi connectivity index (χ4v) is 7.63. The Morgan fingerprint density at radius 2 is 0.750 bits per heavy atom. The van der Waals surface area contributed by atoms with E-state index in [2.05, 4.69) is 142 Å². The molecule has 0 spiro atoms. The van der Waals surface area contributed by atoms with Crippen molar-refractivity contribution in [2.24, 2.45) is 0 Å². The first-order chi connectivity index (χ1) is 27.6. The number of rotatable bonds is 10. The number of aromatic nitrogens is 2. The summed E-state index contributed by atoms with van der Waals surface area (Å²) in [5, 5.41) is 20.0. The molecular weight excluding hydrogens is 685 g/mol. The highest BCUT2D eigenvalue weighted by molar-refractivity contribution is 5.86. The van der Waals surface area contributed by atoms with Gasteiger partial charge in [0.1, 0.15) is 6.07 Å². The number of fused-ring (bicyclic) bond motifs is 4. The zero-order valence-corrected chi connectivity index (χ0v) is 30.7. The molecule has 8 aromatic carbocycles. The van der Waals surface area contributed by atoms with Gasteiger partial charge in [0.25, 0.3) is 5.82 Å². The Bertz CT molecular complexity index is 2630. The van der Waals surface area contributed by atoms with Gasteiger partial charge in [0.15, 0.2) is 5.82 Å². The van der Waals surface area contributed by atoms with Gasteiger partial charge in [0.2, 0.25) is 5.69 Å². The summed E-state index contributed by atoms with van der Waals surface area (Å²) < 4.78 is 0. The molecule has 0 aliphatic carbocycles. The largest absolute Gasteiger partial charge is 0.358 e. The highest BCUT2D eigenvalue weighted by atomic mass is 15.3. The third-order valence-electron chi connectivity index (χ3n) is 10.4. The lowest BCUT2D eigenvalue weighted by Crippen LogP contribution is -2.27. The third kappa shape index (κ3) is 7.08. The van der Waals surface area contributed by atoms with Gasteiger partial charge in [-0.3, -0.25) is 0 Å². The highest BCUT2D eigenvalue weighted by Gasteiger charge is 2.26. The maximum atomic E-state index is 10.8. The normalized spacial score (nSPS) is 11.1. The van der Waals surface area contributed by atoms with Crippen LogP contribution in [0.4, 0.5) is 17.5 Å². The van der Waals surface area contributed by atoms with Crippen LogP contribution in [0.2, 0.25) is 0 Å². The minimum Gasteiger partial charge on any atom is -0.358 e. The molecule has 9 aromatic rings. The van der Waals surface area contributed by atoms with Crippen LogP contribution in [0.1, 0.15) is 27.9 Å². The lowest BCUT2D eigenvalue weighted by atomic mass is 10.0. The molecule has 266 valence electrons. The fourth-order valence-electron chi connectivity index (χ4n) is 7.63. The number of anilines is 2. The van der Waals surface area contributed by atoms with E-state index in [9.17, 15) is 5.26 Å². The van der Waals surface area contributed by atoms with E-state index in [0.717, 1.165) is 65.3 Å². The van der Waals surface area contributed by atoms with Crippen LogP contribution in [-0.2, 0) is 26.2 Å². The molecule has 0 radical (unpaired) electrons. The van der Waals surface area contributed by atoms with E-state index in [4.69, 9.17) is 16.5 Å². The summed E-state index contributed by atoms with van der Waals surface area (Å²) in [6, 6.07) is 61.3. The smallest absolute Gasteiger partial charge is 0.314 e. The molecule has 1 aromatic heterocycles. The van der Waals surface area contributed by atoms with E-state index >= 15 is 0 Å². The molecule has 1 heterocycles. The second-order valence-electron chi connectivity index (χ2n) is 14.2. The van der Waals surface area contributed by atoms with E-state index < -0.39 is 0 Å². The molecule has 0 unspecified atom stereocenters. The SMILES string of the molecule is [C-]#[N+]c1nc(N(Cc2ccc3ccccc3c2)Cc2ccc3ccccc3c2)c(C#N)nc1N(Cc1ccc2ccccc2c1)Cc1ccc2ccccc2c1. The molecule has 56 heavy (non-hydrogen) atoms. The minimum absolute atomic E-state index is 0.155. The van der Waals surface area contributed by atoms with Crippen LogP contribution in [0, 0.1) is 17.9 Å². The summed E-state index contributed by atoms with van der Waals surface area (Å²) in [6.07, 6.45) is 0. The molecule has 0 saturated carbocycles. The van der Waals surface area contributed by atoms with E-state index in [1.807, 2.05) is 48.5 Å². The summed E-state index contributed by atoms with van der Waals surface area (Å²) in [4.78, 5) is 18.2. The van der Waals surface area contributed by atoms with Gasteiger partial charge < -0.3 is 14.6 Å². The van der Waals surface area contributed by atoms with Crippen molar-refractivity contribution in [2.45, 2.75) is 26.2 Å². The summed E-state index contributed by atoms with van der Waals surface area (Å²) in [5.74, 6) is 0.931. The molecule has 0 fully saturated rings. The van der Waals surface area contributed by atoms with E-state index in [-0.39, 0.29) is 11.5 Å². The molecule has 0 aliphatic heterocycles. The van der Waals surface area contributed by atoms with Crippen LogP contribution in [0.15, 0.2) is 170 Å². The Morgan fingerprint density at radius 1 is 0.429 bits per heavy atom. The van der Waals surface area contributed by atoms with E-state index in [1.165, 1.54) is 0 Å². The summed E-state index contributed by atoms with van der Waals surface area (Å²) >= 11 is 0. The lowest BCUT2D eigenvalue weighted by Gasteiger charge is -2.27. The predicted octanol–water partition coefficient (Wildman–Crippen LogP) is 11.9. The molecule has 0 atom stereocenters. The second kappa shape index (κ2) is 15.1. The first-order valence-corrected chi connectivity index (χ1v) is 18.7. The van der Waals surface area contributed by atoms with Gasteiger partial charge in [-0.2, -0.15) is 5.26 Å². The zero-order chi connectivity index (χ0) is 37.8. The van der Waals surface area contributed by atoms with Gasteiger partial charge >= 0.3 is 5.82 Å². The molecular formula is C50H36N6. The van der Waals surface area contributed by atoms with Crippen LogP contribution in [0.5, 0.6) is 0 Å². The maximum Gasteiger partial charge on any atom is 0.314 e. The molecule has 0 saturated heterocycles. The van der Waals surface area contributed by atoms with Crippen molar-refractivity contribution in [2.75, 3.05) is 9.80 Å².